The Hall–Kier alpha value is -0.940. The van der Waals surface area contributed by atoms with E-state index < -0.39 is 0 Å². The molecule has 0 radical (unpaired) electrons. The zero-order valence-corrected chi connectivity index (χ0v) is 14.2. The van der Waals surface area contributed by atoms with Crippen molar-refractivity contribution in [2.45, 2.75) is 26.0 Å². The van der Waals surface area contributed by atoms with Crippen molar-refractivity contribution in [2.24, 2.45) is 5.73 Å². The molecule has 0 saturated heterocycles. The van der Waals surface area contributed by atoms with Crippen molar-refractivity contribution in [2.75, 3.05) is 7.11 Å². The lowest BCUT2D eigenvalue weighted by atomic mass is 10.1. The fourth-order valence-corrected chi connectivity index (χ4v) is 3.26. The van der Waals surface area contributed by atoms with E-state index in [0.717, 1.165) is 21.2 Å². The minimum atomic E-state index is 0.0609. The third kappa shape index (κ3) is 4.51. The molecule has 0 aliphatic heterocycles. The lowest BCUT2D eigenvalue weighted by Gasteiger charge is -2.14. The highest BCUT2D eigenvalue weighted by atomic mass is 35.5. The van der Waals surface area contributed by atoms with E-state index in [1.54, 1.807) is 7.11 Å². The molecule has 21 heavy (non-hydrogen) atoms. The van der Waals surface area contributed by atoms with E-state index in [0.29, 0.717) is 23.1 Å². The Morgan fingerprint density at radius 1 is 1.29 bits per heavy atom. The first-order chi connectivity index (χ1) is 9.99. The zero-order valence-electron chi connectivity index (χ0n) is 11.9. The molecule has 114 valence electrons. The highest BCUT2D eigenvalue weighted by molar-refractivity contribution is 7.16. The molecule has 0 saturated carbocycles. The van der Waals surface area contributed by atoms with Gasteiger partial charge < -0.3 is 15.2 Å². The number of halogens is 2. The second kappa shape index (κ2) is 7.36. The first-order valence-corrected chi connectivity index (χ1v) is 8.06. The molecule has 2 aromatic rings. The van der Waals surface area contributed by atoms with Crippen LogP contribution in [0.4, 0.5) is 0 Å². The van der Waals surface area contributed by atoms with Gasteiger partial charge in [-0.1, -0.05) is 23.2 Å². The van der Waals surface area contributed by atoms with Crippen LogP contribution in [-0.4, -0.2) is 13.2 Å². The summed E-state index contributed by atoms with van der Waals surface area (Å²) in [5, 5.41) is 0.521. The van der Waals surface area contributed by atoms with Gasteiger partial charge in [0.25, 0.3) is 0 Å². The van der Waals surface area contributed by atoms with Gasteiger partial charge in [0.2, 0.25) is 0 Å². The van der Waals surface area contributed by atoms with Crippen molar-refractivity contribution in [3.63, 3.8) is 0 Å². The number of hydrogen-bond acceptors (Lipinski definition) is 4. The summed E-state index contributed by atoms with van der Waals surface area (Å²) in [6.07, 6.45) is 0.733. The lowest BCUT2D eigenvalue weighted by Crippen LogP contribution is -2.17. The van der Waals surface area contributed by atoms with Gasteiger partial charge in [-0.25, -0.2) is 0 Å². The van der Waals surface area contributed by atoms with Crippen molar-refractivity contribution in [3.05, 3.63) is 44.1 Å². The number of methoxy groups -OCH3 is 1. The molecule has 1 atom stereocenters. The van der Waals surface area contributed by atoms with E-state index in [-0.39, 0.29) is 6.04 Å². The Balaban J connectivity index is 2.18. The summed E-state index contributed by atoms with van der Waals surface area (Å²) in [5.74, 6) is 1.15. The van der Waals surface area contributed by atoms with Gasteiger partial charge in [0.05, 0.1) is 16.5 Å². The molecular formula is C15H17Cl2NO2S. The van der Waals surface area contributed by atoms with Crippen LogP contribution in [0.25, 0.3) is 0 Å². The van der Waals surface area contributed by atoms with Gasteiger partial charge in [-0.05, 0) is 43.2 Å². The van der Waals surface area contributed by atoms with Crippen molar-refractivity contribution in [3.8, 4) is 11.5 Å². The number of thiophene rings is 1. The number of ether oxygens (including phenoxy) is 2. The van der Waals surface area contributed by atoms with Gasteiger partial charge >= 0.3 is 0 Å². The molecule has 1 aromatic carbocycles. The van der Waals surface area contributed by atoms with Crippen LogP contribution in [-0.2, 0) is 13.0 Å². The van der Waals surface area contributed by atoms with E-state index in [4.69, 9.17) is 38.4 Å². The highest BCUT2D eigenvalue weighted by Gasteiger charge is 2.13. The minimum Gasteiger partial charge on any atom is -0.493 e. The topological polar surface area (TPSA) is 44.5 Å². The fraction of sp³-hybridized carbons (Fsp3) is 0.333. The fourth-order valence-electron chi connectivity index (χ4n) is 1.98. The van der Waals surface area contributed by atoms with E-state index in [1.807, 2.05) is 31.2 Å². The monoisotopic (exact) mass is 345 g/mol. The van der Waals surface area contributed by atoms with Gasteiger partial charge in [0, 0.05) is 10.9 Å². The quantitative estimate of drug-likeness (QED) is 0.836. The van der Waals surface area contributed by atoms with Crippen LogP contribution in [0.2, 0.25) is 9.36 Å². The number of benzene rings is 1. The standard InChI is InChI=1S/C15H17Cl2NO2S/c1-9(18)5-10-6-12(16)15(13(7-10)19-2)20-8-11-3-4-14(17)21-11/h3-4,6-7,9H,5,8,18H2,1-2H3. The lowest BCUT2D eigenvalue weighted by molar-refractivity contribution is 0.287. The summed E-state index contributed by atoms with van der Waals surface area (Å²) in [7, 11) is 1.59. The molecule has 0 fully saturated rings. The van der Waals surface area contributed by atoms with Crippen molar-refractivity contribution >= 4 is 34.5 Å². The van der Waals surface area contributed by atoms with Crippen LogP contribution in [0.3, 0.4) is 0 Å². The van der Waals surface area contributed by atoms with Crippen LogP contribution in [0.15, 0.2) is 24.3 Å². The van der Waals surface area contributed by atoms with Crippen LogP contribution in [0.5, 0.6) is 11.5 Å². The number of nitrogens with two attached hydrogens (primary N) is 1. The van der Waals surface area contributed by atoms with Crippen molar-refractivity contribution in [1.29, 1.82) is 0 Å². The summed E-state index contributed by atoms with van der Waals surface area (Å²) in [6, 6.07) is 7.61. The molecular weight excluding hydrogens is 329 g/mol. The molecule has 1 heterocycles. The maximum atomic E-state index is 6.30. The van der Waals surface area contributed by atoms with E-state index in [1.165, 1.54) is 11.3 Å². The molecule has 1 unspecified atom stereocenters. The van der Waals surface area contributed by atoms with E-state index >= 15 is 0 Å². The van der Waals surface area contributed by atoms with Gasteiger partial charge in [0.1, 0.15) is 6.61 Å². The molecule has 0 spiro atoms. The smallest absolute Gasteiger partial charge is 0.180 e. The van der Waals surface area contributed by atoms with Crippen molar-refractivity contribution in [1.82, 2.24) is 0 Å². The van der Waals surface area contributed by atoms with E-state index in [9.17, 15) is 0 Å². The van der Waals surface area contributed by atoms with Gasteiger partial charge in [0.15, 0.2) is 11.5 Å². The molecule has 0 aliphatic carbocycles. The third-order valence-corrected chi connectivity index (χ3v) is 4.32. The molecule has 6 heteroatoms. The molecule has 1 aromatic heterocycles. The summed E-state index contributed by atoms with van der Waals surface area (Å²) >= 11 is 13.7. The largest absolute Gasteiger partial charge is 0.493 e. The molecule has 0 aliphatic rings. The van der Waals surface area contributed by atoms with Crippen LogP contribution in [0, 0.1) is 0 Å². The first-order valence-electron chi connectivity index (χ1n) is 6.48. The van der Waals surface area contributed by atoms with E-state index in [2.05, 4.69) is 0 Å². The van der Waals surface area contributed by atoms with Gasteiger partial charge in [-0.3, -0.25) is 0 Å². The van der Waals surface area contributed by atoms with Gasteiger partial charge in [-0.2, -0.15) is 0 Å². The Bertz CT molecular complexity index is 614. The maximum absolute atomic E-state index is 6.30. The second-order valence-electron chi connectivity index (χ2n) is 4.78. The summed E-state index contributed by atoms with van der Waals surface area (Å²) in [4.78, 5) is 1.03. The SMILES string of the molecule is COc1cc(CC(C)N)cc(Cl)c1OCc1ccc(Cl)s1. The highest BCUT2D eigenvalue weighted by Crippen LogP contribution is 2.37. The van der Waals surface area contributed by atoms with Crippen LogP contribution in [0.1, 0.15) is 17.4 Å². The average molecular weight is 346 g/mol. The molecule has 0 amide bonds. The van der Waals surface area contributed by atoms with Crippen molar-refractivity contribution < 1.29 is 9.47 Å². The predicted octanol–water partition coefficient (Wildman–Crippen LogP) is 4.53. The first kappa shape index (κ1) is 16.4. The summed E-state index contributed by atoms with van der Waals surface area (Å²) in [5.41, 5.74) is 6.84. The molecule has 3 nitrogen and oxygen atoms in total. The Morgan fingerprint density at radius 3 is 2.62 bits per heavy atom. The molecule has 2 rings (SSSR count). The Labute approximate surface area is 138 Å². The third-order valence-electron chi connectivity index (χ3n) is 2.83. The summed E-state index contributed by atoms with van der Waals surface area (Å²) < 4.78 is 11.9. The Kier molecular flexibility index (Phi) is 5.76. The molecule has 0 bridgehead atoms. The number of hydrogen-bond donors (Lipinski definition) is 1. The van der Waals surface area contributed by atoms with Gasteiger partial charge in [-0.15, -0.1) is 11.3 Å². The Morgan fingerprint density at radius 2 is 2.05 bits per heavy atom. The van der Waals surface area contributed by atoms with Crippen LogP contribution >= 0.6 is 34.5 Å². The molecule has 2 N–H and O–H groups in total. The van der Waals surface area contributed by atoms with Crippen LogP contribution < -0.4 is 15.2 Å². The second-order valence-corrected chi connectivity index (χ2v) is 6.99. The number of rotatable bonds is 6. The summed E-state index contributed by atoms with van der Waals surface area (Å²) in [6.45, 7) is 2.35. The zero-order chi connectivity index (χ0) is 15.4. The minimum absolute atomic E-state index is 0.0609. The normalized spacial score (nSPS) is 12.2. The average Bonchev–Trinajstić information content (AvgIpc) is 2.82. The maximum Gasteiger partial charge on any atom is 0.180 e. The predicted molar refractivity (Wildman–Crippen MR) is 89.0 cm³/mol.